The first-order valence-electron chi connectivity index (χ1n) is 4.61. The molecule has 2 aliphatic heterocycles. The number of fused-ring (bicyclic) bond motifs is 1. The fourth-order valence-corrected chi connectivity index (χ4v) is 2.62. The number of carbonyl (C=O) groups excluding carboxylic acids is 1. The minimum Gasteiger partial charge on any atom is -0.306 e. The monoisotopic (exact) mass is 195 g/mol. The average molecular weight is 195 g/mol. The topological polar surface area (TPSA) is 20.3 Å². The van der Waals surface area contributed by atoms with Gasteiger partial charge in [-0.15, -0.1) is 11.8 Å². The minimum absolute atomic E-state index is 0.264. The van der Waals surface area contributed by atoms with E-state index in [9.17, 15) is 4.79 Å². The molecule has 2 heterocycles. The van der Waals surface area contributed by atoms with E-state index < -0.39 is 0 Å². The van der Waals surface area contributed by atoms with Gasteiger partial charge in [0.2, 0.25) is 5.91 Å². The van der Waals surface area contributed by atoms with Crippen molar-refractivity contribution in [2.45, 2.75) is 25.1 Å². The second-order valence-corrected chi connectivity index (χ2v) is 4.45. The molecule has 13 heavy (non-hydrogen) atoms. The molecule has 0 spiro atoms. The Morgan fingerprint density at radius 2 is 2.62 bits per heavy atom. The predicted octanol–water partition coefficient (Wildman–Crippen LogP) is 2.14. The van der Waals surface area contributed by atoms with E-state index in [1.165, 1.54) is 5.57 Å². The van der Waals surface area contributed by atoms with Gasteiger partial charge in [0, 0.05) is 12.0 Å². The van der Waals surface area contributed by atoms with Gasteiger partial charge in [0.05, 0.1) is 11.8 Å². The van der Waals surface area contributed by atoms with Crippen LogP contribution in [0, 0.1) is 0 Å². The fourth-order valence-electron chi connectivity index (χ4n) is 1.46. The van der Waals surface area contributed by atoms with Gasteiger partial charge in [-0.3, -0.25) is 4.79 Å². The van der Waals surface area contributed by atoms with Crippen molar-refractivity contribution >= 4 is 17.7 Å². The minimum atomic E-state index is 0.264. The summed E-state index contributed by atoms with van der Waals surface area (Å²) in [6, 6.07) is 0. The van der Waals surface area contributed by atoms with Gasteiger partial charge in [-0.1, -0.05) is 19.1 Å². The lowest BCUT2D eigenvalue weighted by molar-refractivity contribution is -0.137. The molecule has 0 bridgehead atoms. The van der Waals surface area contributed by atoms with Gasteiger partial charge in [-0.2, -0.15) is 0 Å². The average Bonchev–Trinajstić information content (AvgIpc) is 2.14. The summed E-state index contributed by atoms with van der Waals surface area (Å²) in [5.74, 6) is 1.31. The second kappa shape index (κ2) is 3.58. The van der Waals surface area contributed by atoms with Crippen LogP contribution in [0.1, 0.15) is 19.8 Å². The van der Waals surface area contributed by atoms with Crippen molar-refractivity contribution in [2.75, 3.05) is 5.75 Å². The summed E-state index contributed by atoms with van der Waals surface area (Å²) in [5.41, 5.74) is 1.26. The summed E-state index contributed by atoms with van der Waals surface area (Å²) >= 11 is 1.86. The number of thioether (sulfide) groups is 1. The number of β-lactam (4-membered cyclic amide) rings is 1. The van der Waals surface area contributed by atoms with E-state index in [4.69, 9.17) is 0 Å². The Hall–Kier alpha value is -0.700. The zero-order valence-corrected chi connectivity index (χ0v) is 8.51. The first-order valence-corrected chi connectivity index (χ1v) is 5.66. The Kier molecular flexibility index (Phi) is 2.44. The Morgan fingerprint density at radius 3 is 3.31 bits per heavy atom. The largest absolute Gasteiger partial charge is 0.306 e. The highest BCUT2D eigenvalue weighted by Gasteiger charge is 2.37. The van der Waals surface area contributed by atoms with E-state index >= 15 is 0 Å². The lowest BCUT2D eigenvalue weighted by atomic mass is 10.2. The molecule has 0 aliphatic carbocycles. The highest BCUT2D eigenvalue weighted by atomic mass is 32.2. The van der Waals surface area contributed by atoms with Crippen LogP contribution in [0.5, 0.6) is 0 Å². The van der Waals surface area contributed by atoms with Crippen LogP contribution in [-0.4, -0.2) is 21.9 Å². The quantitative estimate of drug-likeness (QED) is 0.629. The van der Waals surface area contributed by atoms with Gasteiger partial charge in [0.25, 0.3) is 0 Å². The van der Waals surface area contributed by atoms with Gasteiger partial charge in [0.1, 0.15) is 0 Å². The molecule has 2 aliphatic rings. The van der Waals surface area contributed by atoms with Crippen molar-refractivity contribution < 1.29 is 4.79 Å². The molecule has 1 saturated heterocycles. The van der Waals surface area contributed by atoms with Crippen molar-refractivity contribution in [1.82, 2.24) is 4.90 Å². The SMILES string of the molecule is CC/C=C/C1=CN2C(=O)C[C@H]2SC1. The molecule has 1 amide bonds. The van der Waals surface area contributed by atoms with Gasteiger partial charge in [-0.25, -0.2) is 0 Å². The first-order chi connectivity index (χ1) is 6.31. The van der Waals surface area contributed by atoms with Gasteiger partial charge < -0.3 is 4.90 Å². The molecule has 0 N–H and O–H groups in total. The van der Waals surface area contributed by atoms with Crippen LogP contribution in [0.4, 0.5) is 0 Å². The smallest absolute Gasteiger partial charge is 0.230 e. The number of carbonyl (C=O) groups is 1. The molecule has 1 fully saturated rings. The maximum Gasteiger partial charge on any atom is 0.230 e. The number of amides is 1. The van der Waals surface area contributed by atoms with Gasteiger partial charge >= 0.3 is 0 Å². The summed E-state index contributed by atoms with van der Waals surface area (Å²) in [4.78, 5) is 13.0. The summed E-state index contributed by atoms with van der Waals surface area (Å²) in [6.07, 6.45) is 8.04. The number of allylic oxidation sites excluding steroid dienone is 2. The molecule has 0 radical (unpaired) electrons. The third-order valence-corrected chi connectivity index (χ3v) is 3.54. The molecule has 2 rings (SSSR count). The maximum atomic E-state index is 11.1. The number of rotatable bonds is 2. The molecular formula is C10H13NOS. The van der Waals surface area contributed by atoms with Crippen LogP contribution in [0.15, 0.2) is 23.9 Å². The van der Waals surface area contributed by atoms with Crippen molar-refractivity contribution in [3.63, 3.8) is 0 Å². The van der Waals surface area contributed by atoms with E-state index in [0.717, 1.165) is 18.6 Å². The van der Waals surface area contributed by atoms with Crippen LogP contribution in [-0.2, 0) is 4.79 Å². The standard InChI is InChI=1S/C10H13NOS/c1-2-3-4-8-6-11-9(12)5-10(11)13-7-8/h3-4,6,10H,2,5,7H2,1H3/b4-3+/t10-/m1/s1. The van der Waals surface area contributed by atoms with Crippen LogP contribution in [0.2, 0.25) is 0 Å². The Bertz CT molecular complexity index is 283. The van der Waals surface area contributed by atoms with E-state index in [0.29, 0.717) is 5.37 Å². The van der Waals surface area contributed by atoms with Crippen LogP contribution < -0.4 is 0 Å². The lowest BCUT2D eigenvalue weighted by Gasteiger charge is -2.40. The van der Waals surface area contributed by atoms with Crippen LogP contribution in [0.25, 0.3) is 0 Å². The highest BCUT2D eigenvalue weighted by Crippen LogP contribution is 2.35. The molecule has 2 nitrogen and oxygen atoms in total. The molecule has 0 unspecified atom stereocenters. The van der Waals surface area contributed by atoms with Gasteiger partial charge in [-0.05, 0) is 12.0 Å². The summed E-state index contributed by atoms with van der Waals surface area (Å²) in [6.45, 7) is 2.12. The predicted molar refractivity (Wildman–Crippen MR) is 55.2 cm³/mol. The molecule has 3 heteroatoms. The normalized spacial score (nSPS) is 27.2. The third kappa shape index (κ3) is 1.66. The van der Waals surface area contributed by atoms with E-state index in [2.05, 4.69) is 19.1 Å². The molecule has 0 aromatic heterocycles. The molecule has 0 saturated carbocycles. The highest BCUT2D eigenvalue weighted by molar-refractivity contribution is 8.00. The van der Waals surface area contributed by atoms with Gasteiger partial charge in [0.15, 0.2) is 0 Å². The Labute approximate surface area is 82.7 Å². The Balaban J connectivity index is 2.05. The Morgan fingerprint density at radius 1 is 1.77 bits per heavy atom. The van der Waals surface area contributed by atoms with Crippen LogP contribution in [0.3, 0.4) is 0 Å². The van der Waals surface area contributed by atoms with Crippen molar-refractivity contribution in [3.05, 3.63) is 23.9 Å². The zero-order valence-electron chi connectivity index (χ0n) is 7.69. The fraction of sp³-hybridized carbons (Fsp3) is 0.500. The molecule has 0 aromatic rings. The maximum absolute atomic E-state index is 11.1. The third-order valence-electron chi connectivity index (χ3n) is 2.26. The molecule has 1 atom stereocenters. The van der Waals surface area contributed by atoms with Crippen molar-refractivity contribution in [2.24, 2.45) is 0 Å². The molecule has 70 valence electrons. The summed E-state index contributed by atoms with van der Waals surface area (Å²) in [7, 11) is 0. The van der Waals surface area contributed by atoms with E-state index in [1.54, 1.807) is 0 Å². The molecular weight excluding hydrogens is 182 g/mol. The number of hydrogen-bond donors (Lipinski definition) is 0. The first kappa shape index (κ1) is 8.88. The number of hydrogen-bond acceptors (Lipinski definition) is 2. The number of nitrogens with zero attached hydrogens (tertiary/aromatic N) is 1. The van der Waals surface area contributed by atoms with Crippen molar-refractivity contribution in [3.8, 4) is 0 Å². The van der Waals surface area contributed by atoms with E-state index in [1.807, 2.05) is 22.9 Å². The molecule has 0 aromatic carbocycles. The van der Waals surface area contributed by atoms with Crippen LogP contribution >= 0.6 is 11.8 Å². The van der Waals surface area contributed by atoms with Crippen molar-refractivity contribution in [1.29, 1.82) is 0 Å². The summed E-state index contributed by atoms with van der Waals surface area (Å²) in [5, 5.41) is 0.436. The summed E-state index contributed by atoms with van der Waals surface area (Å²) < 4.78 is 0. The lowest BCUT2D eigenvalue weighted by Crippen LogP contribution is -2.48. The zero-order chi connectivity index (χ0) is 9.26. The second-order valence-electron chi connectivity index (χ2n) is 3.29. The van der Waals surface area contributed by atoms with E-state index in [-0.39, 0.29) is 5.91 Å².